The second kappa shape index (κ2) is 9.33. The minimum Gasteiger partial charge on any atom is -0.481 e. The maximum absolute atomic E-state index is 11.8. The Hall–Kier alpha value is -1.60. The summed E-state index contributed by atoms with van der Waals surface area (Å²) >= 11 is -4.55. The Morgan fingerprint density at radius 1 is 1.30 bits per heavy atom. The van der Waals surface area contributed by atoms with Crippen molar-refractivity contribution in [1.82, 2.24) is 5.48 Å². The van der Waals surface area contributed by atoms with E-state index in [1.165, 1.54) is 19.1 Å². The number of hydroxylamine groups is 1. The van der Waals surface area contributed by atoms with Crippen molar-refractivity contribution >= 4 is 30.4 Å². The molecule has 1 amide bonds. The largest absolute Gasteiger partial charge is 0.481 e. The average Bonchev–Trinajstić information content (AvgIpc) is 2.46. The summed E-state index contributed by atoms with van der Waals surface area (Å²) in [6, 6.07) is 7.87. The maximum Gasteiger partial charge on any atom is 0.303 e. The van der Waals surface area contributed by atoms with Gasteiger partial charge in [0.2, 0.25) is 0 Å². The molecule has 9 heteroatoms. The topological polar surface area (TPSA) is 122 Å². The summed E-state index contributed by atoms with van der Waals surface area (Å²) in [6.07, 6.45) is 0.222. The molecule has 1 aromatic carbocycles. The quantitative estimate of drug-likeness (QED) is 0.397. The molecule has 0 saturated heterocycles. The van der Waals surface area contributed by atoms with Gasteiger partial charge in [-0.05, 0) is 0 Å². The summed E-state index contributed by atoms with van der Waals surface area (Å²) in [4.78, 5) is 19.9. The van der Waals surface area contributed by atoms with Crippen molar-refractivity contribution in [3.63, 3.8) is 0 Å². The molecule has 0 aliphatic rings. The molecule has 0 heterocycles. The van der Waals surface area contributed by atoms with E-state index < -0.39 is 26.0 Å². The number of carboxylic acids is 1. The molecule has 0 fully saturated rings. The van der Waals surface area contributed by atoms with Gasteiger partial charge < -0.3 is 5.11 Å². The molecule has 20 heavy (non-hydrogen) atoms. The van der Waals surface area contributed by atoms with Crippen LogP contribution in [-0.2, 0) is 21.0 Å². The molecule has 0 aliphatic carbocycles. The summed E-state index contributed by atoms with van der Waals surface area (Å²) in [5, 5.41) is 16.3. The average molecular weight is 349 g/mol. The molecule has 1 rings (SSSR count). The van der Waals surface area contributed by atoms with Crippen molar-refractivity contribution in [1.29, 1.82) is 0 Å². The number of carboxylic acid groups (broad SMARTS) is 1. The summed E-state index contributed by atoms with van der Waals surface area (Å²) < 4.78 is 20.5. The molecular weight excluding hydrogens is 333 g/mol. The van der Waals surface area contributed by atoms with Crippen LogP contribution in [0.15, 0.2) is 30.3 Å². The predicted molar refractivity (Wildman–Crippen MR) is 69.1 cm³/mol. The van der Waals surface area contributed by atoms with Gasteiger partial charge in [-0.2, -0.15) is 0 Å². The Bertz CT molecular complexity index is 477. The van der Waals surface area contributed by atoms with Crippen LogP contribution < -0.4 is 9.83 Å². The van der Waals surface area contributed by atoms with Crippen LogP contribution in [0.5, 0.6) is 0 Å². The zero-order chi connectivity index (χ0) is 15.6. The molecule has 0 spiro atoms. The molecule has 0 bridgehead atoms. The number of carbonyl (C=O) groups is 2. The van der Waals surface area contributed by atoms with Crippen LogP contribution >= 0.6 is 0 Å². The first-order valence-electron chi connectivity index (χ1n) is 5.51. The zero-order valence-corrected chi connectivity index (χ0v) is 12.9. The monoisotopic (exact) mass is 349 g/mol. The van der Waals surface area contributed by atoms with E-state index in [2.05, 4.69) is 7.70 Å². The summed E-state index contributed by atoms with van der Waals surface area (Å²) in [5.41, 5.74) is 1.88. The second-order valence-electron chi connectivity index (χ2n) is 3.41. The first kappa shape index (κ1) is 18.4. The SMILES string of the molecule is CC(=O)NO[As](=O)(OO)c1ccccc1.CCC(=O)O. The molecule has 0 radical (unpaired) electrons. The van der Waals surface area contributed by atoms with E-state index in [1.807, 2.05) is 5.48 Å². The van der Waals surface area contributed by atoms with Crippen LogP contribution in [0.25, 0.3) is 0 Å². The van der Waals surface area contributed by atoms with Gasteiger partial charge in [0.15, 0.2) is 0 Å². The third-order valence-electron chi connectivity index (χ3n) is 1.79. The van der Waals surface area contributed by atoms with Gasteiger partial charge in [-0.25, -0.2) is 0 Å². The van der Waals surface area contributed by atoms with Crippen LogP contribution in [0.4, 0.5) is 0 Å². The molecule has 112 valence electrons. The van der Waals surface area contributed by atoms with Gasteiger partial charge >= 0.3 is 94.6 Å². The van der Waals surface area contributed by atoms with Crippen LogP contribution in [0.1, 0.15) is 20.3 Å². The first-order valence-corrected chi connectivity index (χ1v) is 8.75. The smallest absolute Gasteiger partial charge is 0.303 e. The fraction of sp³-hybridized carbons (Fsp3) is 0.273. The second-order valence-corrected chi connectivity index (χ2v) is 7.31. The number of hydrogen-bond donors (Lipinski definition) is 3. The third-order valence-corrected chi connectivity index (χ3v) is 4.89. The van der Waals surface area contributed by atoms with E-state index in [0.717, 1.165) is 0 Å². The van der Waals surface area contributed by atoms with E-state index in [4.69, 9.17) is 10.4 Å². The van der Waals surface area contributed by atoms with Crippen molar-refractivity contribution in [3.8, 4) is 0 Å². The van der Waals surface area contributed by atoms with Crippen LogP contribution in [0.2, 0.25) is 0 Å². The van der Waals surface area contributed by atoms with Gasteiger partial charge in [-0.1, -0.05) is 6.92 Å². The van der Waals surface area contributed by atoms with Gasteiger partial charge in [0.25, 0.3) is 0 Å². The van der Waals surface area contributed by atoms with Crippen molar-refractivity contribution < 1.29 is 31.4 Å². The van der Waals surface area contributed by atoms with Crippen molar-refractivity contribution in [2.24, 2.45) is 0 Å². The normalized spacial score (nSPS) is 12.6. The summed E-state index contributed by atoms with van der Waals surface area (Å²) in [7, 11) is 0. The molecule has 0 aliphatic heterocycles. The van der Waals surface area contributed by atoms with E-state index in [0.29, 0.717) is 0 Å². The van der Waals surface area contributed by atoms with Gasteiger partial charge in [0.1, 0.15) is 0 Å². The molecular formula is C11H16AsNO7. The predicted octanol–water partition coefficient (Wildman–Crippen LogP) is 0.301. The molecule has 0 saturated carbocycles. The summed E-state index contributed by atoms with van der Waals surface area (Å²) in [5.74, 6) is -1.28. The number of benzene rings is 1. The van der Waals surface area contributed by atoms with Gasteiger partial charge in [-0.15, -0.1) is 0 Å². The fourth-order valence-corrected chi connectivity index (χ4v) is 2.99. The minimum absolute atomic E-state index is 0.201. The van der Waals surface area contributed by atoms with Crippen LogP contribution in [-0.4, -0.2) is 36.4 Å². The standard InChI is InChI=1S/C8H10AsNO5.C3H6O2/c1-7(11)10-14-9(12,15-13)8-5-3-2-4-6-8;1-2-3(4)5/h2-6,13H,1H3,(H,10,11);2H2,1H3,(H,4,5). The van der Waals surface area contributed by atoms with Crippen molar-refractivity contribution in [2.75, 3.05) is 0 Å². The van der Waals surface area contributed by atoms with E-state index in [1.54, 1.807) is 25.1 Å². The van der Waals surface area contributed by atoms with Gasteiger partial charge in [0.05, 0.1) is 0 Å². The number of hydrogen-bond acceptors (Lipinski definition) is 6. The molecule has 1 unspecified atom stereocenters. The maximum atomic E-state index is 11.8. The van der Waals surface area contributed by atoms with Gasteiger partial charge in [0, 0.05) is 6.42 Å². The Morgan fingerprint density at radius 3 is 2.15 bits per heavy atom. The Morgan fingerprint density at radius 2 is 1.80 bits per heavy atom. The number of aliphatic carboxylic acids is 1. The number of rotatable bonds is 5. The number of amides is 1. The first-order chi connectivity index (χ1) is 9.35. The molecule has 0 aromatic heterocycles. The third kappa shape index (κ3) is 7.10. The zero-order valence-electron chi connectivity index (χ0n) is 11.0. The number of nitrogens with one attached hydrogen (secondary N) is 1. The van der Waals surface area contributed by atoms with E-state index in [9.17, 15) is 13.3 Å². The molecule has 8 nitrogen and oxygen atoms in total. The Labute approximate surface area is 118 Å². The van der Waals surface area contributed by atoms with Crippen molar-refractivity contribution in [2.45, 2.75) is 20.3 Å². The van der Waals surface area contributed by atoms with E-state index in [-0.39, 0.29) is 10.8 Å². The Balaban J connectivity index is 0.000000621. The number of carbonyl (C=O) groups excluding carboxylic acids is 1. The van der Waals surface area contributed by atoms with Gasteiger partial charge in [-0.3, -0.25) is 4.79 Å². The van der Waals surface area contributed by atoms with Crippen LogP contribution in [0, 0.1) is 0 Å². The molecule has 3 N–H and O–H groups in total. The molecule has 1 atom stereocenters. The fourth-order valence-electron chi connectivity index (χ4n) is 0.851. The molecule has 1 aromatic rings. The van der Waals surface area contributed by atoms with E-state index >= 15 is 0 Å². The van der Waals surface area contributed by atoms with Crippen LogP contribution in [0.3, 0.4) is 0 Å². The van der Waals surface area contributed by atoms with Crippen molar-refractivity contribution in [3.05, 3.63) is 30.3 Å². The minimum atomic E-state index is -4.55. The Kier molecular flexibility index (Phi) is 8.58. The summed E-state index contributed by atoms with van der Waals surface area (Å²) in [6.45, 7) is 2.78.